The number of carbonyl (C=O) groups is 1. The Bertz CT molecular complexity index is 694. The molecule has 0 aliphatic rings. The highest BCUT2D eigenvalue weighted by molar-refractivity contribution is 5.93. The molecule has 2 aromatic rings. The Hall–Kier alpha value is -2.95. The van der Waals surface area contributed by atoms with Gasteiger partial charge in [-0.2, -0.15) is 0 Å². The van der Waals surface area contributed by atoms with Gasteiger partial charge in [-0.05, 0) is 68.0 Å². The first-order valence-corrected chi connectivity index (χ1v) is 8.20. The fourth-order valence-electron chi connectivity index (χ4n) is 2.06. The summed E-state index contributed by atoms with van der Waals surface area (Å²) < 4.78 is 10.9. The first-order valence-electron chi connectivity index (χ1n) is 8.20. The summed E-state index contributed by atoms with van der Waals surface area (Å²) in [7, 11) is 0. The second-order valence-electron chi connectivity index (χ2n) is 5.63. The van der Waals surface area contributed by atoms with Gasteiger partial charge in [-0.3, -0.25) is 4.79 Å². The summed E-state index contributed by atoms with van der Waals surface area (Å²) >= 11 is 0. The Kier molecular flexibility index (Phi) is 6.89. The smallest absolute Gasteiger partial charge is 0.243 e. The van der Waals surface area contributed by atoms with E-state index >= 15 is 0 Å². The number of rotatable bonds is 9. The summed E-state index contributed by atoms with van der Waals surface area (Å²) in [5, 5.41) is 5.91. The highest BCUT2D eigenvalue weighted by atomic mass is 16.5. The van der Waals surface area contributed by atoms with Crippen molar-refractivity contribution in [3.8, 4) is 11.5 Å². The highest BCUT2D eigenvalue weighted by Gasteiger charge is 2.03. The molecule has 0 aliphatic carbocycles. The van der Waals surface area contributed by atoms with Crippen molar-refractivity contribution in [3.05, 3.63) is 60.7 Å². The normalized spacial score (nSPS) is 10.0. The van der Waals surface area contributed by atoms with Crippen molar-refractivity contribution < 1.29 is 14.3 Å². The maximum atomic E-state index is 12.0. The van der Waals surface area contributed by atoms with Crippen molar-refractivity contribution in [2.24, 2.45) is 0 Å². The van der Waals surface area contributed by atoms with E-state index in [1.54, 1.807) is 0 Å². The van der Waals surface area contributed by atoms with Gasteiger partial charge < -0.3 is 20.1 Å². The third-order valence-corrected chi connectivity index (χ3v) is 3.24. The minimum atomic E-state index is -0.121. The molecule has 5 nitrogen and oxygen atoms in total. The standard InChI is InChI=1S/C20H24N2O3/c1-4-24-18-9-5-16(6-10-18)21-13-20(23)22-17-7-11-19(12-8-17)25-14-15(2)3/h5-12,21H,2,4,13-14H2,1,3H3,(H,22,23). The van der Waals surface area contributed by atoms with E-state index in [0.717, 1.165) is 28.4 Å². The zero-order valence-electron chi connectivity index (χ0n) is 14.7. The van der Waals surface area contributed by atoms with Gasteiger partial charge in [0.15, 0.2) is 0 Å². The molecule has 0 bridgehead atoms. The van der Waals surface area contributed by atoms with Gasteiger partial charge in [-0.15, -0.1) is 0 Å². The number of nitrogens with one attached hydrogen (secondary N) is 2. The van der Waals surface area contributed by atoms with E-state index in [1.807, 2.05) is 62.4 Å². The van der Waals surface area contributed by atoms with Crippen molar-refractivity contribution in [2.45, 2.75) is 13.8 Å². The molecule has 1 amide bonds. The lowest BCUT2D eigenvalue weighted by molar-refractivity contribution is -0.114. The number of anilines is 2. The molecule has 5 heteroatoms. The Morgan fingerprint density at radius 2 is 1.52 bits per heavy atom. The Morgan fingerprint density at radius 1 is 0.960 bits per heavy atom. The van der Waals surface area contributed by atoms with E-state index in [4.69, 9.17) is 9.47 Å². The first-order chi connectivity index (χ1) is 12.1. The lowest BCUT2D eigenvalue weighted by atomic mass is 10.3. The van der Waals surface area contributed by atoms with Crippen LogP contribution in [0.3, 0.4) is 0 Å². The molecule has 0 aliphatic heterocycles. The molecule has 2 aromatic carbocycles. The minimum absolute atomic E-state index is 0.121. The van der Waals surface area contributed by atoms with Crippen molar-refractivity contribution in [1.29, 1.82) is 0 Å². The lowest BCUT2D eigenvalue weighted by Crippen LogP contribution is -2.21. The SMILES string of the molecule is C=C(C)COc1ccc(NC(=O)CNc2ccc(OCC)cc2)cc1. The van der Waals surface area contributed by atoms with Crippen molar-refractivity contribution in [3.63, 3.8) is 0 Å². The predicted molar refractivity (Wildman–Crippen MR) is 101 cm³/mol. The molecule has 0 spiro atoms. The van der Waals surface area contributed by atoms with Crippen LogP contribution in [-0.2, 0) is 4.79 Å². The average molecular weight is 340 g/mol. The maximum Gasteiger partial charge on any atom is 0.243 e. The molecule has 0 atom stereocenters. The fraction of sp³-hybridized carbons (Fsp3) is 0.250. The summed E-state index contributed by atoms with van der Waals surface area (Å²) in [4.78, 5) is 12.0. The number of hydrogen-bond donors (Lipinski definition) is 2. The monoisotopic (exact) mass is 340 g/mol. The molecule has 25 heavy (non-hydrogen) atoms. The Balaban J connectivity index is 1.78. The molecule has 0 aromatic heterocycles. The maximum absolute atomic E-state index is 12.0. The quantitative estimate of drug-likeness (QED) is 0.675. The van der Waals surface area contributed by atoms with Crippen LogP contribution in [0.25, 0.3) is 0 Å². The molecule has 0 radical (unpaired) electrons. The summed E-state index contributed by atoms with van der Waals surface area (Å²) in [6.45, 7) is 8.94. The van der Waals surface area contributed by atoms with Crippen LogP contribution in [0.2, 0.25) is 0 Å². The minimum Gasteiger partial charge on any atom is -0.494 e. The fourth-order valence-corrected chi connectivity index (χ4v) is 2.06. The summed E-state index contributed by atoms with van der Waals surface area (Å²) in [5.74, 6) is 1.43. The molecule has 0 heterocycles. The first kappa shape index (κ1) is 18.4. The van der Waals surface area contributed by atoms with Gasteiger partial charge in [0.2, 0.25) is 5.91 Å². The highest BCUT2D eigenvalue weighted by Crippen LogP contribution is 2.17. The van der Waals surface area contributed by atoms with Crippen molar-refractivity contribution in [1.82, 2.24) is 0 Å². The predicted octanol–water partition coefficient (Wildman–Crippen LogP) is 4.09. The largest absolute Gasteiger partial charge is 0.494 e. The molecule has 0 fully saturated rings. The summed E-state index contributed by atoms with van der Waals surface area (Å²) in [6, 6.07) is 14.8. The number of carbonyl (C=O) groups excluding carboxylic acids is 1. The van der Waals surface area contributed by atoms with Gasteiger partial charge in [-0.1, -0.05) is 6.58 Å². The lowest BCUT2D eigenvalue weighted by Gasteiger charge is -2.10. The molecule has 0 saturated carbocycles. The van der Waals surface area contributed by atoms with Gasteiger partial charge in [-0.25, -0.2) is 0 Å². The van der Waals surface area contributed by atoms with Gasteiger partial charge in [0, 0.05) is 11.4 Å². The van der Waals surface area contributed by atoms with Crippen LogP contribution in [0.4, 0.5) is 11.4 Å². The third kappa shape index (κ3) is 6.59. The molecule has 0 unspecified atom stereocenters. The molecular formula is C20H24N2O3. The van der Waals surface area contributed by atoms with E-state index in [2.05, 4.69) is 17.2 Å². The van der Waals surface area contributed by atoms with E-state index in [0.29, 0.717) is 13.2 Å². The molecular weight excluding hydrogens is 316 g/mol. The molecule has 2 N–H and O–H groups in total. The Morgan fingerprint density at radius 3 is 2.08 bits per heavy atom. The van der Waals surface area contributed by atoms with Gasteiger partial charge in [0.1, 0.15) is 18.1 Å². The van der Waals surface area contributed by atoms with Crippen molar-refractivity contribution in [2.75, 3.05) is 30.4 Å². The number of ether oxygens (including phenoxy) is 2. The van der Waals surface area contributed by atoms with Crippen molar-refractivity contribution >= 4 is 17.3 Å². The number of amides is 1. The van der Waals surface area contributed by atoms with E-state index in [-0.39, 0.29) is 12.5 Å². The van der Waals surface area contributed by atoms with Gasteiger partial charge in [0.25, 0.3) is 0 Å². The summed E-state index contributed by atoms with van der Waals surface area (Å²) in [6.07, 6.45) is 0. The van der Waals surface area contributed by atoms with Crippen LogP contribution < -0.4 is 20.1 Å². The van der Waals surface area contributed by atoms with Crippen LogP contribution in [0, 0.1) is 0 Å². The van der Waals surface area contributed by atoms with Crippen LogP contribution >= 0.6 is 0 Å². The zero-order valence-corrected chi connectivity index (χ0v) is 14.7. The van der Waals surface area contributed by atoms with Gasteiger partial charge >= 0.3 is 0 Å². The second kappa shape index (κ2) is 9.37. The molecule has 0 saturated heterocycles. The van der Waals surface area contributed by atoms with E-state index < -0.39 is 0 Å². The van der Waals surface area contributed by atoms with Gasteiger partial charge in [0.05, 0.1) is 13.2 Å². The summed E-state index contributed by atoms with van der Waals surface area (Å²) in [5.41, 5.74) is 2.54. The van der Waals surface area contributed by atoms with E-state index in [9.17, 15) is 4.79 Å². The average Bonchev–Trinajstić information content (AvgIpc) is 2.61. The zero-order chi connectivity index (χ0) is 18.1. The topological polar surface area (TPSA) is 59.6 Å². The Labute approximate surface area is 148 Å². The van der Waals surface area contributed by atoms with Crippen LogP contribution in [0.1, 0.15) is 13.8 Å². The van der Waals surface area contributed by atoms with Crippen LogP contribution in [0.15, 0.2) is 60.7 Å². The third-order valence-electron chi connectivity index (χ3n) is 3.24. The number of benzene rings is 2. The number of hydrogen-bond acceptors (Lipinski definition) is 4. The van der Waals surface area contributed by atoms with Crippen LogP contribution in [0.5, 0.6) is 11.5 Å². The second-order valence-corrected chi connectivity index (χ2v) is 5.63. The molecule has 132 valence electrons. The van der Waals surface area contributed by atoms with E-state index in [1.165, 1.54) is 0 Å². The molecule has 2 rings (SSSR count). The van der Waals surface area contributed by atoms with Crippen LogP contribution in [-0.4, -0.2) is 25.7 Å².